The van der Waals surface area contributed by atoms with Crippen molar-refractivity contribution in [2.45, 2.75) is 12.6 Å². The summed E-state index contributed by atoms with van der Waals surface area (Å²) in [6.07, 6.45) is -5.35. The van der Waals surface area contributed by atoms with E-state index >= 15 is 0 Å². The number of nitrogens with one attached hydrogen (secondary N) is 1. The quantitative estimate of drug-likeness (QED) is 0.840. The molecule has 1 rings (SSSR count). The molecule has 1 aromatic rings. The number of rotatable bonds is 3. The SMILES string of the molecule is O=C(O)CC(=O)Nc1cc(C(F)(F)F)ccc1Br. The lowest BCUT2D eigenvalue weighted by molar-refractivity contribution is -0.140. The van der Waals surface area contributed by atoms with Gasteiger partial charge in [-0.15, -0.1) is 0 Å². The normalized spacial score (nSPS) is 11.1. The van der Waals surface area contributed by atoms with Crippen LogP contribution < -0.4 is 5.32 Å². The van der Waals surface area contributed by atoms with Crippen molar-refractivity contribution in [1.29, 1.82) is 0 Å². The predicted octanol–water partition coefficient (Wildman–Crippen LogP) is 2.88. The first-order valence-corrected chi connectivity index (χ1v) is 5.38. The first-order valence-electron chi connectivity index (χ1n) is 4.58. The standard InChI is InChI=1S/C10H7BrF3NO3/c11-6-2-1-5(10(12,13)14)3-7(6)15-8(16)4-9(17)18/h1-3H,4H2,(H,15,16)(H,17,18). The van der Waals surface area contributed by atoms with E-state index < -0.39 is 30.0 Å². The van der Waals surface area contributed by atoms with Crippen molar-refractivity contribution in [1.82, 2.24) is 0 Å². The van der Waals surface area contributed by atoms with Gasteiger partial charge in [0.15, 0.2) is 0 Å². The van der Waals surface area contributed by atoms with E-state index in [0.717, 1.165) is 18.2 Å². The summed E-state index contributed by atoms with van der Waals surface area (Å²) in [6.45, 7) is 0. The molecule has 0 aliphatic heterocycles. The van der Waals surface area contributed by atoms with E-state index in [1.54, 1.807) is 0 Å². The van der Waals surface area contributed by atoms with E-state index in [2.05, 4.69) is 21.2 Å². The molecule has 0 aromatic heterocycles. The Hall–Kier alpha value is -1.57. The maximum absolute atomic E-state index is 12.4. The molecule has 98 valence electrons. The molecule has 0 bridgehead atoms. The zero-order valence-corrected chi connectivity index (χ0v) is 10.3. The van der Waals surface area contributed by atoms with Gasteiger partial charge in [-0.3, -0.25) is 9.59 Å². The van der Waals surface area contributed by atoms with Gasteiger partial charge in [-0.05, 0) is 34.1 Å². The lowest BCUT2D eigenvalue weighted by Gasteiger charge is -2.11. The Kier molecular flexibility index (Phi) is 4.33. The predicted molar refractivity (Wildman–Crippen MR) is 60.0 cm³/mol. The number of amides is 1. The number of alkyl halides is 3. The molecule has 0 aliphatic carbocycles. The van der Waals surface area contributed by atoms with Crippen LogP contribution in [0.5, 0.6) is 0 Å². The van der Waals surface area contributed by atoms with E-state index in [4.69, 9.17) is 5.11 Å². The molecule has 0 aliphatic rings. The van der Waals surface area contributed by atoms with Gasteiger partial charge >= 0.3 is 12.1 Å². The van der Waals surface area contributed by atoms with Gasteiger partial charge in [0.25, 0.3) is 0 Å². The third-order valence-electron chi connectivity index (χ3n) is 1.88. The van der Waals surface area contributed by atoms with Crippen LogP contribution in [-0.4, -0.2) is 17.0 Å². The maximum Gasteiger partial charge on any atom is 0.416 e. The summed E-state index contributed by atoms with van der Waals surface area (Å²) in [7, 11) is 0. The van der Waals surface area contributed by atoms with Crippen molar-refractivity contribution in [3.05, 3.63) is 28.2 Å². The van der Waals surface area contributed by atoms with Crippen LogP contribution in [0.2, 0.25) is 0 Å². The second-order valence-electron chi connectivity index (χ2n) is 3.31. The fraction of sp³-hybridized carbons (Fsp3) is 0.200. The highest BCUT2D eigenvalue weighted by Crippen LogP contribution is 2.33. The maximum atomic E-state index is 12.4. The van der Waals surface area contributed by atoms with Gasteiger partial charge in [-0.2, -0.15) is 13.2 Å². The summed E-state index contributed by atoms with van der Waals surface area (Å²) < 4.78 is 37.5. The van der Waals surface area contributed by atoms with Crippen LogP contribution in [0.25, 0.3) is 0 Å². The third-order valence-corrected chi connectivity index (χ3v) is 2.57. The summed E-state index contributed by atoms with van der Waals surface area (Å²) >= 11 is 2.96. The average Bonchev–Trinajstić information content (AvgIpc) is 2.18. The van der Waals surface area contributed by atoms with Crippen LogP contribution in [-0.2, 0) is 15.8 Å². The van der Waals surface area contributed by atoms with E-state index in [0.29, 0.717) is 0 Å². The van der Waals surface area contributed by atoms with Gasteiger partial charge in [-0.25, -0.2) is 0 Å². The molecule has 0 atom stereocenters. The van der Waals surface area contributed by atoms with Crippen molar-refractivity contribution in [3.63, 3.8) is 0 Å². The first-order chi connectivity index (χ1) is 8.20. The van der Waals surface area contributed by atoms with E-state index in [9.17, 15) is 22.8 Å². The van der Waals surface area contributed by atoms with Crippen molar-refractivity contribution in [2.24, 2.45) is 0 Å². The van der Waals surface area contributed by atoms with Crippen LogP contribution in [0.1, 0.15) is 12.0 Å². The molecular formula is C10H7BrF3NO3. The molecule has 0 saturated carbocycles. The molecule has 0 radical (unpaired) electrons. The summed E-state index contributed by atoms with van der Waals surface area (Å²) in [5.74, 6) is -2.27. The number of carboxylic acids is 1. The van der Waals surface area contributed by atoms with Gasteiger partial charge in [0, 0.05) is 4.47 Å². The Bertz CT molecular complexity index is 488. The van der Waals surface area contributed by atoms with E-state index in [1.165, 1.54) is 0 Å². The van der Waals surface area contributed by atoms with Crippen LogP contribution >= 0.6 is 15.9 Å². The summed E-state index contributed by atoms with van der Waals surface area (Å²) in [5.41, 5.74) is -1.06. The molecule has 0 unspecified atom stereocenters. The van der Waals surface area contributed by atoms with Crippen LogP contribution in [0.3, 0.4) is 0 Å². The number of benzene rings is 1. The van der Waals surface area contributed by atoms with Crippen molar-refractivity contribution in [3.8, 4) is 0 Å². The molecule has 1 aromatic carbocycles. The fourth-order valence-corrected chi connectivity index (χ4v) is 1.47. The highest BCUT2D eigenvalue weighted by atomic mass is 79.9. The Balaban J connectivity index is 2.95. The molecular weight excluding hydrogens is 319 g/mol. The Labute approximate surface area is 108 Å². The van der Waals surface area contributed by atoms with Gasteiger partial charge < -0.3 is 10.4 Å². The number of hydrogen-bond donors (Lipinski definition) is 2. The number of anilines is 1. The Morgan fingerprint density at radius 3 is 2.44 bits per heavy atom. The molecule has 2 N–H and O–H groups in total. The molecule has 0 saturated heterocycles. The van der Waals surface area contributed by atoms with Crippen LogP contribution in [0.15, 0.2) is 22.7 Å². The van der Waals surface area contributed by atoms with Crippen molar-refractivity contribution in [2.75, 3.05) is 5.32 Å². The van der Waals surface area contributed by atoms with E-state index in [-0.39, 0.29) is 10.2 Å². The zero-order chi connectivity index (χ0) is 13.9. The first kappa shape index (κ1) is 14.5. The fourth-order valence-electron chi connectivity index (χ4n) is 1.13. The second-order valence-corrected chi connectivity index (χ2v) is 4.17. The third kappa shape index (κ3) is 4.02. The average molecular weight is 326 g/mol. The highest BCUT2D eigenvalue weighted by Gasteiger charge is 2.31. The van der Waals surface area contributed by atoms with Crippen LogP contribution in [0, 0.1) is 0 Å². The minimum Gasteiger partial charge on any atom is -0.481 e. The molecule has 18 heavy (non-hydrogen) atoms. The smallest absolute Gasteiger partial charge is 0.416 e. The number of hydrogen-bond acceptors (Lipinski definition) is 2. The minimum atomic E-state index is -4.53. The number of carboxylic acid groups (broad SMARTS) is 1. The summed E-state index contributed by atoms with van der Waals surface area (Å²) in [5, 5.41) is 10.4. The topological polar surface area (TPSA) is 66.4 Å². The van der Waals surface area contributed by atoms with Gasteiger partial charge in [0.1, 0.15) is 6.42 Å². The number of carbonyl (C=O) groups is 2. The molecule has 1 amide bonds. The van der Waals surface area contributed by atoms with Gasteiger partial charge in [-0.1, -0.05) is 0 Å². The van der Waals surface area contributed by atoms with Crippen molar-refractivity contribution >= 4 is 33.5 Å². The molecule has 0 spiro atoms. The number of aliphatic carboxylic acids is 1. The highest BCUT2D eigenvalue weighted by molar-refractivity contribution is 9.10. The zero-order valence-electron chi connectivity index (χ0n) is 8.71. The number of halogens is 4. The molecule has 0 fully saturated rings. The largest absolute Gasteiger partial charge is 0.481 e. The molecule has 0 heterocycles. The monoisotopic (exact) mass is 325 g/mol. The Morgan fingerprint density at radius 1 is 1.33 bits per heavy atom. The Morgan fingerprint density at radius 2 is 1.94 bits per heavy atom. The van der Waals surface area contributed by atoms with Gasteiger partial charge in [0.05, 0.1) is 11.3 Å². The lowest BCUT2D eigenvalue weighted by Crippen LogP contribution is -2.17. The number of carbonyl (C=O) groups excluding carboxylic acids is 1. The summed E-state index contributed by atoms with van der Waals surface area (Å²) in [4.78, 5) is 21.4. The molecule has 8 heteroatoms. The molecule has 4 nitrogen and oxygen atoms in total. The minimum absolute atomic E-state index is 0.129. The van der Waals surface area contributed by atoms with Gasteiger partial charge in [0.2, 0.25) is 5.91 Å². The summed E-state index contributed by atoms with van der Waals surface area (Å²) in [6, 6.07) is 2.69. The lowest BCUT2D eigenvalue weighted by atomic mass is 10.2. The van der Waals surface area contributed by atoms with Crippen molar-refractivity contribution < 1.29 is 27.9 Å². The van der Waals surface area contributed by atoms with Crippen LogP contribution in [0.4, 0.5) is 18.9 Å². The second kappa shape index (κ2) is 5.38. The van der Waals surface area contributed by atoms with E-state index in [1.807, 2.05) is 0 Å².